The summed E-state index contributed by atoms with van der Waals surface area (Å²) in [6.45, 7) is 5.94. The first-order valence-electron chi connectivity index (χ1n) is 11.3. The van der Waals surface area contributed by atoms with Crippen LogP contribution in [-0.2, 0) is 23.2 Å². The fraction of sp³-hybridized carbons (Fsp3) is 0.400. The van der Waals surface area contributed by atoms with Gasteiger partial charge in [-0.25, -0.2) is 9.48 Å². The van der Waals surface area contributed by atoms with Crippen LogP contribution in [0.2, 0.25) is 0 Å². The predicted octanol–water partition coefficient (Wildman–Crippen LogP) is 4.17. The van der Waals surface area contributed by atoms with E-state index in [1.807, 2.05) is 69.3 Å². The SMILES string of the molecule is CCCCC(=O)N(Cc1ccc(-c2ccccc2-c2nnnn2C)cc1)[C@H](C(=O)O)C(C)C. The average Bonchev–Trinajstić information content (AvgIpc) is 3.22. The molecular weight excluding hydrogens is 418 g/mol. The second kappa shape index (κ2) is 10.8. The molecule has 0 fully saturated rings. The molecule has 0 bridgehead atoms. The molecule has 1 N–H and O–H groups in total. The second-order valence-electron chi connectivity index (χ2n) is 8.52. The number of amides is 1. The molecule has 1 atom stereocenters. The second-order valence-corrected chi connectivity index (χ2v) is 8.52. The fourth-order valence-electron chi connectivity index (χ4n) is 3.97. The number of carbonyl (C=O) groups is 2. The molecule has 0 saturated heterocycles. The summed E-state index contributed by atoms with van der Waals surface area (Å²) in [6.07, 6.45) is 1.98. The molecule has 0 unspecified atom stereocenters. The minimum atomic E-state index is -0.974. The number of nitrogens with zero attached hydrogens (tertiary/aromatic N) is 5. The molecule has 0 saturated carbocycles. The summed E-state index contributed by atoms with van der Waals surface area (Å²) in [7, 11) is 1.80. The highest BCUT2D eigenvalue weighted by molar-refractivity contribution is 5.84. The van der Waals surface area contributed by atoms with E-state index >= 15 is 0 Å². The average molecular weight is 450 g/mol. The maximum atomic E-state index is 12.9. The number of tetrazole rings is 1. The predicted molar refractivity (Wildman–Crippen MR) is 126 cm³/mol. The number of unbranched alkanes of at least 4 members (excludes halogenated alkanes) is 1. The molecule has 0 aliphatic rings. The minimum Gasteiger partial charge on any atom is -0.480 e. The lowest BCUT2D eigenvalue weighted by atomic mass is 9.97. The van der Waals surface area contributed by atoms with Crippen LogP contribution in [0.3, 0.4) is 0 Å². The van der Waals surface area contributed by atoms with Gasteiger partial charge in [-0.15, -0.1) is 5.10 Å². The zero-order valence-corrected chi connectivity index (χ0v) is 19.6. The highest BCUT2D eigenvalue weighted by Crippen LogP contribution is 2.30. The van der Waals surface area contributed by atoms with E-state index in [1.165, 1.54) is 4.90 Å². The number of benzene rings is 2. The summed E-state index contributed by atoms with van der Waals surface area (Å²) in [5.41, 5.74) is 3.77. The third kappa shape index (κ3) is 5.63. The molecular formula is C25H31N5O3. The monoisotopic (exact) mass is 449 g/mol. The largest absolute Gasteiger partial charge is 0.480 e. The molecule has 1 aromatic heterocycles. The lowest BCUT2D eigenvalue weighted by Gasteiger charge is -2.32. The number of carbonyl (C=O) groups excluding carboxylic acids is 1. The van der Waals surface area contributed by atoms with Crippen molar-refractivity contribution in [1.29, 1.82) is 0 Å². The van der Waals surface area contributed by atoms with Crippen LogP contribution in [0.15, 0.2) is 48.5 Å². The Morgan fingerprint density at radius 3 is 2.27 bits per heavy atom. The van der Waals surface area contributed by atoms with Crippen LogP contribution in [0.25, 0.3) is 22.5 Å². The zero-order chi connectivity index (χ0) is 24.0. The summed E-state index contributed by atoms with van der Waals surface area (Å²) in [6, 6.07) is 14.9. The van der Waals surface area contributed by atoms with Gasteiger partial charge in [-0.2, -0.15) is 0 Å². The van der Waals surface area contributed by atoms with E-state index in [1.54, 1.807) is 11.7 Å². The van der Waals surface area contributed by atoms with Gasteiger partial charge in [-0.3, -0.25) is 4.79 Å². The molecule has 0 spiro atoms. The fourth-order valence-corrected chi connectivity index (χ4v) is 3.97. The molecule has 1 amide bonds. The number of aliphatic carboxylic acids is 1. The summed E-state index contributed by atoms with van der Waals surface area (Å²) < 4.78 is 1.63. The molecule has 174 valence electrons. The molecule has 2 aromatic carbocycles. The van der Waals surface area contributed by atoms with E-state index in [9.17, 15) is 14.7 Å². The summed E-state index contributed by atoms with van der Waals surface area (Å²) >= 11 is 0. The lowest BCUT2D eigenvalue weighted by Crippen LogP contribution is -2.47. The third-order valence-electron chi connectivity index (χ3n) is 5.69. The normalized spacial score (nSPS) is 12.0. The Bertz CT molecular complexity index is 1090. The number of hydrogen-bond acceptors (Lipinski definition) is 5. The molecule has 3 rings (SSSR count). The maximum absolute atomic E-state index is 12.9. The standard InChI is InChI=1S/C25H31N5O3/c1-5-6-11-22(31)30(23(17(2)3)25(32)33)16-18-12-14-19(15-13-18)20-9-7-8-10-21(20)24-26-27-28-29(24)4/h7-10,12-15,17,23H,5-6,11,16H2,1-4H3,(H,32,33)/t23-/m0/s1. The first kappa shape index (κ1) is 24.1. The van der Waals surface area contributed by atoms with Crippen LogP contribution in [0.5, 0.6) is 0 Å². The van der Waals surface area contributed by atoms with Crippen molar-refractivity contribution in [2.45, 2.75) is 52.6 Å². The van der Waals surface area contributed by atoms with Crippen LogP contribution in [0.1, 0.15) is 45.6 Å². The van der Waals surface area contributed by atoms with Crippen molar-refractivity contribution in [2.24, 2.45) is 13.0 Å². The van der Waals surface area contributed by atoms with Crippen molar-refractivity contribution in [1.82, 2.24) is 25.1 Å². The van der Waals surface area contributed by atoms with Gasteiger partial charge in [0.2, 0.25) is 5.91 Å². The van der Waals surface area contributed by atoms with Crippen molar-refractivity contribution in [3.8, 4) is 22.5 Å². The van der Waals surface area contributed by atoms with Crippen LogP contribution >= 0.6 is 0 Å². The summed E-state index contributed by atoms with van der Waals surface area (Å²) in [4.78, 5) is 26.4. The Labute approximate surface area is 194 Å². The van der Waals surface area contributed by atoms with Crippen molar-refractivity contribution in [3.05, 3.63) is 54.1 Å². The Balaban J connectivity index is 1.89. The lowest BCUT2D eigenvalue weighted by molar-refractivity contribution is -0.153. The first-order valence-corrected chi connectivity index (χ1v) is 11.3. The highest BCUT2D eigenvalue weighted by Gasteiger charge is 2.32. The third-order valence-corrected chi connectivity index (χ3v) is 5.69. The van der Waals surface area contributed by atoms with Gasteiger partial charge in [0.25, 0.3) is 0 Å². The number of carboxylic acids is 1. The Hall–Kier alpha value is -3.55. The molecule has 0 aliphatic heterocycles. The smallest absolute Gasteiger partial charge is 0.326 e. The Morgan fingerprint density at radius 1 is 1.06 bits per heavy atom. The molecule has 0 aliphatic carbocycles. The number of carboxylic acid groups (broad SMARTS) is 1. The number of hydrogen-bond donors (Lipinski definition) is 1. The van der Waals surface area contributed by atoms with Crippen molar-refractivity contribution in [2.75, 3.05) is 0 Å². The van der Waals surface area contributed by atoms with Crippen molar-refractivity contribution >= 4 is 11.9 Å². The zero-order valence-electron chi connectivity index (χ0n) is 19.6. The van der Waals surface area contributed by atoms with Gasteiger partial charge in [0, 0.05) is 25.6 Å². The topological polar surface area (TPSA) is 101 Å². The van der Waals surface area contributed by atoms with Gasteiger partial charge in [-0.1, -0.05) is 75.7 Å². The highest BCUT2D eigenvalue weighted by atomic mass is 16.4. The van der Waals surface area contributed by atoms with Crippen LogP contribution in [-0.4, -0.2) is 48.1 Å². The van der Waals surface area contributed by atoms with E-state index in [0.29, 0.717) is 12.2 Å². The number of rotatable bonds is 10. The molecule has 0 radical (unpaired) electrons. The van der Waals surface area contributed by atoms with Gasteiger partial charge in [0.15, 0.2) is 5.82 Å². The van der Waals surface area contributed by atoms with Crippen LogP contribution in [0.4, 0.5) is 0 Å². The first-order chi connectivity index (χ1) is 15.8. The molecule has 1 heterocycles. The number of aryl methyl sites for hydroxylation is 1. The maximum Gasteiger partial charge on any atom is 0.326 e. The Morgan fingerprint density at radius 2 is 1.73 bits per heavy atom. The molecule has 33 heavy (non-hydrogen) atoms. The van der Waals surface area contributed by atoms with Gasteiger partial charge in [0.05, 0.1) is 0 Å². The van der Waals surface area contributed by atoms with Gasteiger partial charge >= 0.3 is 5.97 Å². The van der Waals surface area contributed by atoms with Crippen molar-refractivity contribution in [3.63, 3.8) is 0 Å². The quantitative estimate of drug-likeness (QED) is 0.498. The Kier molecular flexibility index (Phi) is 7.92. The van der Waals surface area contributed by atoms with Gasteiger partial charge in [-0.05, 0) is 39.5 Å². The van der Waals surface area contributed by atoms with E-state index in [0.717, 1.165) is 35.1 Å². The van der Waals surface area contributed by atoms with Gasteiger partial charge < -0.3 is 10.0 Å². The van der Waals surface area contributed by atoms with E-state index in [-0.39, 0.29) is 18.4 Å². The van der Waals surface area contributed by atoms with E-state index < -0.39 is 12.0 Å². The van der Waals surface area contributed by atoms with Crippen molar-refractivity contribution < 1.29 is 14.7 Å². The minimum absolute atomic E-state index is 0.123. The van der Waals surface area contributed by atoms with Gasteiger partial charge in [0.1, 0.15) is 6.04 Å². The van der Waals surface area contributed by atoms with Crippen LogP contribution in [0, 0.1) is 5.92 Å². The van der Waals surface area contributed by atoms with Crippen LogP contribution < -0.4 is 0 Å². The molecule has 8 nitrogen and oxygen atoms in total. The molecule has 8 heteroatoms. The summed E-state index contributed by atoms with van der Waals surface area (Å²) in [5.74, 6) is -0.623. The van der Waals surface area contributed by atoms with E-state index in [4.69, 9.17) is 0 Å². The number of aromatic nitrogens is 4. The van der Waals surface area contributed by atoms with E-state index in [2.05, 4.69) is 15.5 Å². The molecule has 3 aromatic rings. The summed E-state index contributed by atoms with van der Waals surface area (Å²) in [5, 5.41) is 21.6.